The second-order valence-electron chi connectivity index (χ2n) is 9.93. The molecule has 0 spiro atoms. The van der Waals surface area contributed by atoms with Crippen LogP contribution in [0.5, 0.6) is 0 Å². The zero-order chi connectivity index (χ0) is 26.5. The van der Waals surface area contributed by atoms with E-state index in [1.807, 2.05) is 41.3 Å². The number of aromatic nitrogens is 2. The summed E-state index contributed by atoms with van der Waals surface area (Å²) in [6.45, 7) is 10.9. The lowest BCUT2D eigenvalue weighted by molar-refractivity contribution is 0.0628. The summed E-state index contributed by atoms with van der Waals surface area (Å²) in [5, 5.41) is 0. The molecule has 1 aliphatic heterocycles. The smallest absolute Gasteiger partial charge is 0.259 e. The van der Waals surface area contributed by atoms with Gasteiger partial charge in [0.15, 0.2) is 5.82 Å². The van der Waals surface area contributed by atoms with Gasteiger partial charge in [0.2, 0.25) is 0 Å². The van der Waals surface area contributed by atoms with E-state index < -0.39 is 0 Å². The Bertz CT molecular complexity index is 1380. The molecule has 4 aromatic rings. The zero-order valence-electron chi connectivity index (χ0n) is 22.5. The van der Waals surface area contributed by atoms with Crippen LogP contribution in [0.4, 0.5) is 11.5 Å². The van der Waals surface area contributed by atoms with E-state index in [2.05, 4.69) is 78.0 Å². The van der Waals surface area contributed by atoms with E-state index in [9.17, 15) is 4.79 Å². The third-order valence-corrected chi connectivity index (χ3v) is 7.10. The summed E-state index contributed by atoms with van der Waals surface area (Å²) >= 11 is 0. The summed E-state index contributed by atoms with van der Waals surface area (Å²) < 4.78 is 0. The quantitative estimate of drug-likeness (QED) is 0.314. The maximum Gasteiger partial charge on any atom is 0.259 e. The number of piperazine rings is 1. The first-order chi connectivity index (χ1) is 18.5. The molecule has 0 unspecified atom stereocenters. The molecule has 194 valence electrons. The maximum atomic E-state index is 13.9. The van der Waals surface area contributed by atoms with Crippen LogP contribution in [0, 0.1) is 13.8 Å². The van der Waals surface area contributed by atoms with Crippen molar-refractivity contribution >= 4 is 17.4 Å². The van der Waals surface area contributed by atoms with E-state index in [1.54, 1.807) is 6.20 Å². The highest BCUT2D eigenvalue weighted by Gasteiger charge is 2.27. The number of carbonyl (C=O) groups is 1. The largest absolute Gasteiger partial charge is 0.336 e. The number of nitrogens with zero attached hydrogens (tertiary/aromatic N) is 5. The first-order valence-electron chi connectivity index (χ1n) is 13.4. The van der Waals surface area contributed by atoms with Crippen molar-refractivity contribution in [3.8, 4) is 11.4 Å². The minimum Gasteiger partial charge on any atom is -0.336 e. The van der Waals surface area contributed by atoms with Crippen LogP contribution in [0.2, 0.25) is 0 Å². The van der Waals surface area contributed by atoms with Crippen molar-refractivity contribution in [3.63, 3.8) is 0 Å². The van der Waals surface area contributed by atoms with E-state index in [-0.39, 0.29) is 5.91 Å². The highest BCUT2D eigenvalue weighted by atomic mass is 16.2. The summed E-state index contributed by atoms with van der Waals surface area (Å²) in [6.07, 6.45) is 1.71. The molecule has 5 rings (SSSR count). The van der Waals surface area contributed by atoms with Crippen LogP contribution >= 0.6 is 0 Å². The van der Waals surface area contributed by atoms with Crippen LogP contribution in [0.25, 0.3) is 11.4 Å². The number of aryl methyl sites for hydroxylation is 2. The van der Waals surface area contributed by atoms with Crippen LogP contribution in [-0.4, -0.2) is 58.4 Å². The summed E-state index contributed by atoms with van der Waals surface area (Å²) in [6, 6.07) is 26.9. The fourth-order valence-corrected chi connectivity index (χ4v) is 4.94. The van der Waals surface area contributed by atoms with Gasteiger partial charge in [-0.2, -0.15) is 0 Å². The molecule has 6 nitrogen and oxygen atoms in total. The number of hydrogen-bond acceptors (Lipinski definition) is 5. The third-order valence-electron chi connectivity index (χ3n) is 7.10. The Morgan fingerprint density at radius 2 is 1.61 bits per heavy atom. The van der Waals surface area contributed by atoms with Crippen molar-refractivity contribution in [2.45, 2.75) is 27.3 Å². The summed E-state index contributed by atoms with van der Waals surface area (Å²) in [4.78, 5) is 30.0. The lowest BCUT2D eigenvalue weighted by Gasteiger charge is -2.35. The Morgan fingerprint density at radius 3 is 2.29 bits per heavy atom. The van der Waals surface area contributed by atoms with E-state index in [0.717, 1.165) is 36.4 Å². The molecule has 1 aliphatic rings. The summed E-state index contributed by atoms with van der Waals surface area (Å²) in [7, 11) is 0. The molecule has 0 aliphatic carbocycles. The van der Waals surface area contributed by atoms with Gasteiger partial charge in [-0.3, -0.25) is 9.69 Å². The molecule has 2 heterocycles. The normalized spacial score (nSPS) is 13.9. The first kappa shape index (κ1) is 25.6. The second-order valence-corrected chi connectivity index (χ2v) is 9.93. The van der Waals surface area contributed by atoms with Crippen molar-refractivity contribution < 1.29 is 4.79 Å². The van der Waals surface area contributed by atoms with Crippen molar-refractivity contribution in [1.82, 2.24) is 19.8 Å². The molecule has 3 aromatic carbocycles. The minimum absolute atomic E-state index is 0.0132. The fraction of sp³-hybridized carbons (Fsp3) is 0.281. The van der Waals surface area contributed by atoms with Crippen LogP contribution in [-0.2, 0) is 6.54 Å². The molecule has 0 radical (unpaired) electrons. The van der Waals surface area contributed by atoms with Crippen molar-refractivity contribution in [3.05, 3.63) is 107 Å². The fourth-order valence-electron chi connectivity index (χ4n) is 4.94. The van der Waals surface area contributed by atoms with Crippen LogP contribution < -0.4 is 4.90 Å². The maximum absolute atomic E-state index is 13.9. The number of amides is 1. The van der Waals surface area contributed by atoms with E-state index >= 15 is 0 Å². The molecule has 6 heteroatoms. The molecule has 38 heavy (non-hydrogen) atoms. The van der Waals surface area contributed by atoms with Gasteiger partial charge in [-0.25, -0.2) is 9.97 Å². The molecular formula is C32H35N5O. The average Bonchev–Trinajstić information content (AvgIpc) is 2.95. The van der Waals surface area contributed by atoms with Gasteiger partial charge in [-0.05, 0) is 44.0 Å². The summed E-state index contributed by atoms with van der Waals surface area (Å²) in [5.41, 5.74) is 6.22. The van der Waals surface area contributed by atoms with Gasteiger partial charge in [0.1, 0.15) is 11.4 Å². The van der Waals surface area contributed by atoms with Gasteiger partial charge in [-0.1, -0.05) is 72.3 Å². The highest BCUT2D eigenvalue weighted by molar-refractivity contribution is 5.99. The predicted molar refractivity (Wildman–Crippen MR) is 154 cm³/mol. The van der Waals surface area contributed by atoms with Crippen LogP contribution in [0.3, 0.4) is 0 Å². The molecule has 0 N–H and O–H groups in total. The molecule has 0 bridgehead atoms. The number of hydrogen-bond donors (Lipinski definition) is 0. The molecule has 1 saturated heterocycles. The first-order valence-corrected chi connectivity index (χ1v) is 13.4. The Hall–Kier alpha value is -4.03. The number of rotatable bonds is 7. The Kier molecular flexibility index (Phi) is 7.80. The van der Waals surface area contributed by atoms with Gasteiger partial charge >= 0.3 is 0 Å². The Morgan fingerprint density at radius 1 is 0.868 bits per heavy atom. The average molecular weight is 506 g/mol. The van der Waals surface area contributed by atoms with Gasteiger partial charge in [0.05, 0.1) is 0 Å². The highest BCUT2D eigenvalue weighted by Crippen LogP contribution is 2.30. The van der Waals surface area contributed by atoms with Gasteiger partial charge in [0.25, 0.3) is 5.91 Å². The second kappa shape index (κ2) is 11.6. The SMILES string of the molecule is CCN(c1cccc(C)c1)c1nc(-c2ccccc2)ncc1C(=O)N1CCN(Cc2ccc(C)cc2)CC1. The molecule has 1 amide bonds. The van der Waals surface area contributed by atoms with Gasteiger partial charge < -0.3 is 9.80 Å². The van der Waals surface area contributed by atoms with E-state index in [0.29, 0.717) is 36.8 Å². The predicted octanol–water partition coefficient (Wildman–Crippen LogP) is 5.88. The summed E-state index contributed by atoms with van der Waals surface area (Å²) in [5.74, 6) is 1.26. The van der Waals surface area contributed by atoms with E-state index in [4.69, 9.17) is 4.98 Å². The lowest BCUT2D eigenvalue weighted by atomic mass is 10.1. The van der Waals surface area contributed by atoms with Crippen LogP contribution in [0.1, 0.15) is 34.0 Å². The van der Waals surface area contributed by atoms with E-state index in [1.165, 1.54) is 11.1 Å². The third kappa shape index (κ3) is 5.76. The zero-order valence-corrected chi connectivity index (χ0v) is 22.5. The minimum atomic E-state index is -0.0132. The van der Waals surface area contributed by atoms with Crippen molar-refractivity contribution in [2.75, 3.05) is 37.6 Å². The standard InChI is InChI=1S/C32H35N5O/c1-4-37(28-12-8-9-25(3)21-28)31-29(22-33-30(34-31)27-10-6-5-7-11-27)32(38)36-19-17-35(18-20-36)23-26-15-13-24(2)14-16-26/h5-16,21-22H,4,17-20,23H2,1-3H3. The molecule has 1 aromatic heterocycles. The van der Waals surface area contributed by atoms with Crippen molar-refractivity contribution in [1.29, 1.82) is 0 Å². The monoisotopic (exact) mass is 505 g/mol. The molecule has 1 fully saturated rings. The molecular weight excluding hydrogens is 470 g/mol. The lowest BCUT2D eigenvalue weighted by Crippen LogP contribution is -2.48. The Labute approximate surface area is 225 Å². The van der Waals surface area contributed by atoms with Gasteiger partial charge in [-0.15, -0.1) is 0 Å². The number of anilines is 2. The molecule has 0 atom stereocenters. The van der Waals surface area contributed by atoms with Crippen LogP contribution in [0.15, 0.2) is 85.1 Å². The number of carbonyl (C=O) groups excluding carboxylic acids is 1. The Balaban J connectivity index is 1.41. The van der Waals surface area contributed by atoms with Gasteiger partial charge in [0, 0.05) is 56.7 Å². The topological polar surface area (TPSA) is 52.6 Å². The number of benzene rings is 3. The molecule has 0 saturated carbocycles. The van der Waals surface area contributed by atoms with Crippen molar-refractivity contribution in [2.24, 2.45) is 0 Å².